The van der Waals surface area contributed by atoms with Gasteiger partial charge in [0.15, 0.2) is 0 Å². The monoisotopic (exact) mass is 440 g/mol. The van der Waals surface area contributed by atoms with Crippen molar-refractivity contribution >= 4 is 5.91 Å². The first-order valence-corrected chi connectivity index (χ1v) is 11.6. The number of aromatic amines is 1. The van der Waals surface area contributed by atoms with Crippen LogP contribution in [0.1, 0.15) is 54.4 Å². The summed E-state index contributed by atoms with van der Waals surface area (Å²) in [5, 5.41) is 0. The summed E-state index contributed by atoms with van der Waals surface area (Å²) in [6.07, 6.45) is 4.63. The van der Waals surface area contributed by atoms with Crippen molar-refractivity contribution in [1.82, 2.24) is 19.8 Å². The second-order valence-corrected chi connectivity index (χ2v) is 8.99. The Bertz CT molecular complexity index is 1030. The van der Waals surface area contributed by atoms with Crippen molar-refractivity contribution in [3.8, 4) is 0 Å². The van der Waals surface area contributed by atoms with Crippen LogP contribution in [0.25, 0.3) is 0 Å². The predicted molar refractivity (Wildman–Crippen MR) is 117 cm³/mol. The molecule has 3 aliphatic rings. The smallest absolute Gasteiger partial charge is 0.255 e. The topological polar surface area (TPSA) is 78.5 Å². The molecule has 1 N–H and O–H groups in total. The van der Waals surface area contributed by atoms with Gasteiger partial charge in [0, 0.05) is 45.3 Å². The molecule has 4 heterocycles. The highest BCUT2D eigenvalue weighted by molar-refractivity contribution is 5.79. The van der Waals surface area contributed by atoms with E-state index in [1.54, 1.807) is 12.1 Å². The molecule has 5 rings (SSSR count). The number of nitrogens with zero attached hydrogens (tertiary/aromatic N) is 3. The zero-order valence-corrected chi connectivity index (χ0v) is 18.2. The van der Waals surface area contributed by atoms with Gasteiger partial charge in [0.2, 0.25) is 5.91 Å². The maximum absolute atomic E-state index is 13.2. The number of nitrogens with one attached hydrogen (secondary N) is 1. The van der Waals surface area contributed by atoms with Crippen molar-refractivity contribution in [1.29, 1.82) is 0 Å². The highest BCUT2D eigenvalue weighted by Crippen LogP contribution is 2.31. The average molecular weight is 441 g/mol. The van der Waals surface area contributed by atoms with Crippen LogP contribution in [0.3, 0.4) is 0 Å². The normalized spacial score (nSPS) is 22.2. The zero-order valence-electron chi connectivity index (χ0n) is 18.2. The van der Waals surface area contributed by atoms with Crippen LogP contribution in [0.2, 0.25) is 0 Å². The van der Waals surface area contributed by atoms with Crippen molar-refractivity contribution < 1.29 is 13.9 Å². The minimum Gasteiger partial charge on any atom is -0.381 e. The molecule has 0 spiro atoms. The number of carbonyl (C=O) groups is 1. The van der Waals surface area contributed by atoms with Gasteiger partial charge in [-0.3, -0.25) is 14.5 Å². The zero-order chi connectivity index (χ0) is 22.1. The number of hydrogen-bond donors (Lipinski definition) is 1. The Hall–Kier alpha value is -2.58. The van der Waals surface area contributed by atoms with Gasteiger partial charge in [-0.1, -0.05) is 12.1 Å². The highest BCUT2D eigenvalue weighted by atomic mass is 19.1. The van der Waals surface area contributed by atoms with Crippen LogP contribution >= 0.6 is 0 Å². The van der Waals surface area contributed by atoms with E-state index >= 15 is 0 Å². The Kier molecular flexibility index (Phi) is 6.06. The molecular weight excluding hydrogens is 411 g/mol. The molecule has 2 aromatic rings. The van der Waals surface area contributed by atoms with Gasteiger partial charge < -0.3 is 14.6 Å². The van der Waals surface area contributed by atoms with Gasteiger partial charge in [-0.2, -0.15) is 0 Å². The number of ether oxygens (including phenoxy) is 1. The second kappa shape index (κ2) is 9.11. The van der Waals surface area contributed by atoms with Crippen LogP contribution in [-0.2, 0) is 28.9 Å². The Morgan fingerprint density at radius 1 is 1.16 bits per heavy atom. The van der Waals surface area contributed by atoms with Crippen molar-refractivity contribution in [2.45, 2.75) is 57.2 Å². The number of likely N-dealkylation sites (tertiary alicyclic amines) is 1. The molecule has 2 fully saturated rings. The first-order valence-electron chi connectivity index (χ1n) is 11.6. The van der Waals surface area contributed by atoms with Gasteiger partial charge in [0.25, 0.3) is 5.56 Å². The summed E-state index contributed by atoms with van der Waals surface area (Å²) < 4.78 is 18.6. The molecule has 2 saturated heterocycles. The summed E-state index contributed by atoms with van der Waals surface area (Å²) in [5.41, 5.74) is 2.32. The third-order valence-electron chi connectivity index (χ3n) is 6.98. The third-order valence-corrected chi connectivity index (χ3v) is 6.98. The largest absolute Gasteiger partial charge is 0.381 e. The van der Waals surface area contributed by atoms with Crippen LogP contribution < -0.4 is 5.56 Å². The molecule has 1 amide bonds. The summed E-state index contributed by atoms with van der Waals surface area (Å²) in [4.78, 5) is 38.0. The summed E-state index contributed by atoms with van der Waals surface area (Å²) in [6, 6.07) is 6.27. The van der Waals surface area contributed by atoms with E-state index < -0.39 is 0 Å². The fourth-order valence-electron chi connectivity index (χ4n) is 5.21. The lowest BCUT2D eigenvalue weighted by Gasteiger charge is -2.37. The molecule has 1 atom stereocenters. The minimum absolute atomic E-state index is 0.0230. The predicted octanol–water partition coefficient (Wildman–Crippen LogP) is 2.35. The number of H-pyrrole nitrogens is 1. The molecule has 1 aromatic heterocycles. The van der Waals surface area contributed by atoms with Crippen molar-refractivity contribution in [3.05, 3.63) is 63.1 Å². The highest BCUT2D eigenvalue weighted by Gasteiger charge is 2.34. The number of carbonyl (C=O) groups excluding carboxylic acids is 1. The number of hydrogen-bond acceptors (Lipinski definition) is 5. The molecule has 0 saturated carbocycles. The molecule has 0 radical (unpaired) electrons. The molecule has 7 nitrogen and oxygen atoms in total. The number of halogens is 1. The van der Waals surface area contributed by atoms with Gasteiger partial charge in [-0.25, -0.2) is 9.37 Å². The van der Waals surface area contributed by atoms with Crippen LogP contribution in [0, 0.1) is 5.82 Å². The average Bonchev–Trinajstić information content (AvgIpc) is 3.31. The lowest BCUT2D eigenvalue weighted by atomic mass is 10.0. The van der Waals surface area contributed by atoms with Gasteiger partial charge in [-0.05, 0) is 43.4 Å². The molecule has 3 aliphatic heterocycles. The van der Waals surface area contributed by atoms with Crippen LogP contribution in [0.15, 0.2) is 29.1 Å². The molecular formula is C24H29FN4O3. The van der Waals surface area contributed by atoms with Gasteiger partial charge >= 0.3 is 0 Å². The van der Waals surface area contributed by atoms with Crippen LogP contribution in [-0.4, -0.2) is 58.0 Å². The first-order chi connectivity index (χ1) is 15.6. The van der Waals surface area contributed by atoms with Gasteiger partial charge in [-0.15, -0.1) is 0 Å². The van der Waals surface area contributed by atoms with Crippen molar-refractivity contribution in [2.24, 2.45) is 0 Å². The van der Waals surface area contributed by atoms with E-state index in [0.29, 0.717) is 25.0 Å². The maximum Gasteiger partial charge on any atom is 0.255 e. The van der Waals surface area contributed by atoms with E-state index in [-0.39, 0.29) is 29.7 Å². The Labute approximate surface area is 186 Å². The first kappa shape index (κ1) is 21.3. The third kappa shape index (κ3) is 4.34. The van der Waals surface area contributed by atoms with E-state index in [2.05, 4.69) is 9.88 Å². The molecule has 0 aliphatic carbocycles. The number of rotatable bonds is 4. The van der Waals surface area contributed by atoms with Crippen molar-refractivity contribution in [2.75, 3.05) is 26.3 Å². The van der Waals surface area contributed by atoms with E-state index in [9.17, 15) is 14.0 Å². The number of benzene rings is 1. The Morgan fingerprint density at radius 2 is 1.94 bits per heavy atom. The standard InChI is InChI=1S/C24H29FN4O3/c25-17-5-3-16(4-6-17)14-22(30)29-10-1-2-21(29)23-26-20-7-11-28(15-19(20)24(31)27-23)18-8-12-32-13-9-18/h3-6,18,21H,1-2,7-15H2,(H,26,27,31)/t21-/m1/s1. The molecule has 32 heavy (non-hydrogen) atoms. The molecule has 8 heteroatoms. The minimum atomic E-state index is -0.313. The van der Waals surface area contributed by atoms with Crippen LogP contribution in [0.4, 0.5) is 4.39 Å². The summed E-state index contributed by atoms with van der Waals surface area (Å²) >= 11 is 0. The SMILES string of the molecule is O=C(Cc1ccc(F)cc1)N1CCC[C@@H]1c1nc2c(c(=O)[nH]1)CN(C1CCOCC1)CC2. The number of fused-ring (bicyclic) bond motifs is 1. The quantitative estimate of drug-likeness (QED) is 0.790. The second-order valence-electron chi connectivity index (χ2n) is 8.99. The van der Waals surface area contributed by atoms with E-state index in [1.807, 2.05) is 4.90 Å². The van der Waals surface area contributed by atoms with Gasteiger partial charge in [0.05, 0.1) is 23.7 Å². The van der Waals surface area contributed by atoms with E-state index in [1.165, 1.54) is 12.1 Å². The lowest BCUT2D eigenvalue weighted by Crippen LogP contribution is -2.44. The summed E-state index contributed by atoms with van der Waals surface area (Å²) in [7, 11) is 0. The van der Waals surface area contributed by atoms with E-state index in [0.717, 1.165) is 68.7 Å². The number of amides is 1. The molecule has 1 aromatic carbocycles. The Morgan fingerprint density at radius 3 is 2.72 bits per heavy atom. The maximum atomic E-state index is 13.2. The summed E-state index contributed by atoms with van der Waals surface area (Å²) in [6.45, 7) is 3.73. The fraction of sp³-hybridized carbons (Fsp3) is 0.542. The van der Waals surface area contributed by atoms with Crippen molar-refractivity contribution in [3.63, 3.8) is 0 Å². The Balaban J connectivity index is 1.32. The fourth-order valence-corrected chi connectivity index (χ4v) is 5.21. The molecule has 0 bridgehead atoms. The molecule has 170 valence electrons. The summed E-state index contributed by atoms with van der Waals surface area (Å²) in [5.74, 6) is 0.259. The van der Waals surface area contributed by atoms with Crippen LogP contribution in [0.5, 0.6) is 0 Å². The van der Waals surface area contributed by atoms with E-state index in [4.69, 9.17) is 9.72 Å². The lowest BCUT2D eigenvalue weighted by molar-refractivity contribution is -0.131. The molecule has 0 unspecified atom stereocenters. The van der Waals surface area contributed by atoms with Gasteiger partial charge in [0.1, 0.15) is 11.6 Å². The number of aromatic nitrogens is 2.